The molecule has 0 unspecified atom stereocenters. The number of allylic oxidation sites excluding steroid dienone is 2. The topological polar surface area (TPSA) is 34.1 Å². The summed E-state index contributed by atoms with van der Waals surface area (Å²) >= 11 is 0. The Labute approximate surface area is 114 Å². The highest BCUT2D eigenvalue weighted by molar-refractivity contribution is 6.24. The predicted octanol–water partition coefficient (Wildman–Crippen LogP) is 4.21. The average Bonchev–Trinajstić information content (AvgIpc) is 2.43. The minimum atomic E-state index is -0.0255. The molecule has 2 heteroatoms. The van der Waals surface area contributed by atoms with Crippen molar-refractivity contribution in [2.24, 2.45) is 5.92 Å². The van der Waals surface area contributed by atoms with E-state index in [1.807, 2.05) is 6.07 Å². The quantitative estimate of drug-likeness (QED) is 0.791. The van der Waals surface area contributed by atoms with Crippen molar-refractivity contribution in [1.82, 2.24) is 0 Å². The molecule has 1 aliphatic rings. The number of hydrogen-bond donors (Lipinski definition) is 0. The lowest BCUT2D eigenvalue weighted by Gasteiger charge is -2.22. The molecule has 0 atom stereocenters. The molecule has 0 bridgehead atoms. The fourth-order valence-corrected chi connectivity index (χ4v) is 2.79. The molecule has 1 aromatic carbocycles. The molecule has 0 N–H and O–H groups in total. The van der Waals surface area contributed by atoms with Crippen LogP contribution in [0.5, 0.6) is 0 Å². The van der Waals surface area contributed by atoms with Crippen LogP contribution in [0.15, 0.2) is 35.9 Å². The number of fused-ring (bicyclic) bond motifs is 1. The van der Waals surface area contributed by atoms with Gasteiger partial charge in [-0.2, -0.15) is 0 Å². The maximum absolute atomic E-state index is 12.5. The first kappa shape index (κ1) is 13.7. The number of Topliss-reactive ketones (excluding diaryl/α,β-unsaturated/α-hetero) is 1. The van der Waals surface area contributed by atoms with Gasteiger partial charge in [0.25, 0.3) is 0 Å². The number of rotatable bonds is 5. The minimum Gasteiger partial charge on any atom is -0.289 e. The molecule has 0 fully saturated rings. The summed E-state index contributed by atoms with van der Waals surface area (Å²) in [6.45, 7) is 4.23. The maximum atomic E-state index is 12.5. The first-order chi connectivity index (χ1) is 9.19. The Morgan fingerprint density at radius 3 is 2.11 bits per heavy atom. The lowest BCUT2D eigenvalue weighted by Crippen LogP contribution is -2.22. The molecule has 0 aliphatic heterocycles. The van der Waals surface area contributed by atoms with Crippen LogP contribution in [0.2, 0.25) is 0 Å². The summed E-state index contributed by atoms with van der Waals surface area (Å²) < 4.78 is 0. The van der Waals surface area contributed by atoms with E-state index in [0.717, 1.165) is 25.7 Å². The molecule has 0 heterocycles. The molecule has 0 radical (unpaired) electrons. The normalized spacial score (nSPS) is 14.6. The van der Waals surface area contributed by atoms with Crippen LogP contribution in [0.25, 0.3) is 0 Å². The van der Waals surface area contributed by atoms with Crippen molar-refractivity contribution in [3.05, 3.63) is 47.0 Å². The van der Waals surface area contributed by atoms with Crippen molar-refractivity contribution in [3.8, 4) is 0 Å². The van der Waals surface area contributed by atoms with Crippen LogP contribution in [-0.4, -0.2) is 11.6 Å². The predicted molar refractivity (Wildman–Crippen MR) is 76.5 cm³/mol. The third-order valence-electron chi connectivity index (χ3n) is 3.70. The highest BCUT2D eigenvalue weighted by Crippen LogP contribution is 2.30. The third kappa shape index (κ3) is 2.67. The van der Waals surface area contributed by atoms with E-state index in [9.17, 15) is 9.59 Å². The second-order valence-corrected chi connectivity index (χ2v) is 5.11. The van der Waals surface area contributed by atoms with Gasteiger partial charge in [0.15, 0.2) is 11.6 Å². The SMILES string of the molecule is CCCC(CCC)C1=CC(=O)c2ccccc2C1=O. The van der Waals surface area contributed by atoms with E-state index in [-0.39, 0.29) is 17.5 Å². The molecular weight excluding hydrogens is 236 g/mol. The molecule has 19 heavy (non-hydrogen) atoms. The first-order valence-corrected chi connectivity index (χ1v) is 7.08. The molecule has 1 aliphatic carbocycles. The lowest BCUT2D eigenvalue weighted by atomic mass is 9.80. The molecule has 0 amide bonds. The van der Waals surface area contributed by atoms with Gasteiger partial charge in [0, 0.05) is 16.7 Å². The zero-order valence-corrected chi connectivity index (χ0v) is 11.6. The second-order valence-electron chi connectivity index (χ2n) is 5.11. The van der Waals surface area contributed by atoms with Gasteiger partial charge in [-0.05, 0) is 24.8 Å². The third-order valence-corrected chi connectivity index (χ3v) is 3.70. The van der Waals surface area contributed by atoms with Crippen LogP contribution in [0.4, 0.5) is 0 Å². The average molecular weight is 256 g/mol. The van der Waals surface area contributed by atoms with Crippen LogP contribution >= 0.6 is 0 Å². The van der Waals surface area contributed by atoms with Gasteiger partial charge in [-0.25, -0.2) is 0 Å². The van der Waals surface area contributed by atoms with Gasteiger partial charge in [0.2, 0.25) is 0 Å². The summed E-state index contributed by atoms with van der Waals surface area (Å²) in [5, 5.41) is 0. The van der Waals surface area contributed by atoms with Gasteiger partial charge >= 0.3 is 0 Å². The smallest absolute Gasteiger partial charge is 0.190 e. The summed E-state index contributed by atoms with van der Waals surface area (Å²) in [5.74, 6) is 0.240. The maximum Gasteiger partial charge on any atom is 0.190 e. The van der Waals surface area contributed by atoms with E-state index in [4.69, 9.17) is 0 Å². The molecule has 0 spiro atoms. The van der Waals surface area contributed by atoms with Gasteiger partial charge in [-0.1, -0.05) is 51.0 Å². The second kappa shape index (κ2) is 5.96. The lowest BCUT2D eigenvalue weighted by molar-refractivity contribution is 0.0972. The Kier molecular flexibility index (Phi) is 4.31. The Bertz CT molecular complexity index is 520. The van der Waals surface area contributed by atoms with E-state index < -0.39 is 0 Å². The van der Waals surface area contributed by atoms with Crippen LogP contribution < -0.4 is 0 Å². The van der Waals surface area contributed by atoms with Crippen LogP contribution in [0.1, 0.15) is 60.2 Å². The molecule has 2 nitrogen and oxygen atoms in total. The number of hydrogen-bond acceptors (Lipinski definition) is 2. The molecule has 100 valence electrons. The Morgan fingerprint density at radius 2 is 1.53 bits per heavy atom. The van der Waals surface area contributed by atoms with Crippen LogP contribution in [0.3, 0.4) is 0 Å². The summed E-state index contributed by atoms with van der Waals surface area (Å²) in [4.78, 5) is 24.7. The molecule has 0 saturated heterocycles. The Morgan fingerprint density at radius 1 is 0.947 bits per heavy atom. The molecule has 1 aromatic rings. The summed E-state index contributed by atoms with van der Waals surface area (Å²) in [6, 6.07) is 7.12. The number of carbonyl (C=O) groups excluding carboxylic acids is 2. The van der Waals surface area contributed by atoms with E-state index in [1.165, 1.54) is 0 Å². The van der Waals surface area contributed by atoms with Crippen molar-refractivity contribution in [1.29, 1.82) is 0 Å². The van der Waals surface area contributed by atoms with Crippen LogP contribution in [0, 0.1) is 5.92 Å². The van der Waals surface area contributed by atoms with Crippen molar-refractivity contribution < 1.29 is 9.59 Å². The van der Waals surface area contributed by atoms with E-state index in [1.54, 1.807) is 24.3 Å². The van der Waals surface area contributed by atoms with Gasteiger partial charge in [-0.3, -0.25) is 9.59 Å². The standard InChI is InChI=1S/C17H20O2/c1-3-7-12(8-4-2)15-11-16(18)13-9-5-6-10-14(13)17(15)19/h5-6,9-12H,3-4,7-8H2,1-2H3. The Hall–Kier alpha value is -1.70. The van der Waals surface area contributed by atoms with Gasteiger partial charge in [0.1, 0.15) is 0 Å². The van der Waals surface area contributed by atoms with Crippen molar-refractivity contribution in [3.63, 3.8) is 0 Å². The highest BCUT2D eigenvalue weighted by Gasteiger charge is 2.29. The fraction of sp³-hybridized carbons (Fsp3) is 0.412. The van der Waals surface area contributed by atoms with Crippen molar-refractivity contribution in [2.45, 2.75) is 39.5 Å². The number of benzene rings is 1. The van der Waals surface area contributed by atoms with Crippen molar-refractivity contribution >= 4 is 11.6 Å². The Balaban J connectivity index is 2.38. The van der Waals surface area contributed by atoms with Crippen molar-refractivity contribution in [2.75, 3.05) is 0 Å². The highest BCUT2D eigenvalue weighted by atomic mass is 16.1. The first-order valence-electron chi connectivity index (χ1n) is 7.08. The van der Waals surface area contributed by atoms with E-state index >= 15 is 0 Å². The summed E-state index contributed by atoms with van der Waals surface area (Å²) in [6.07, 6.45) is 5.58. The van der Waals surface area contributed by atoms with Crippen LogP contribution in [-0.2, 0) is 0 Å². The van der Waals surface area contributed by atoms with E-state index in [0.29, 0.717) is 16.7 Å². The number of carbonyl (C=O) groups is 2. The summed E-state index contributed by atoms with van der Waals surface area (Å²) in [7, 11) is 0. The molecule has 0 saturated carbocycles. The van der Waals surface area contributed by atoms with Gasteiger partial charge in [-0.15, -0.1) is 0 Å². The number of ketones is 2. The zero-order chi connectivity index (χ0) is 13.8. The van der Waals surface area contributed by atoms with Gasteiger partial charge < -0.3 is 0 Å². The summed E-state index contributed by atoms with van der Waals surface area (Å²) in [5.41, 5.74) is 1.83. The monoisotopic (exact) mass is 256 g/mol. The van der Waals surface area contributed by atoms with Gasteiger partial charge in [0.05, 0.1) is 0 Å². The molecule has 2 rings (SSSR count). The molecular formula is C17H20O2. The van der Waals surface area contributed by atoms with E-state index in [2.05, 4.69) is 13.8 Å². The molecule has 0 aromatic heterocycles. The minimum absolute atomic E-state index is 0.0255. The zero-order valence-electron chi connectivity index (χ0n) is 11.6. The fourth-order valence-electron chi connectivity index (χ4n) is 2.79. The largest absolute Gasteiger partial charge is 0.289 e.